The molecule has 2 aromatic heterocycles. The van der Waals surface area contributed by atoms with Crippen molar-refractivity contribution >= 4 is 40.5 Å². The van der Waals surface area contributed by atoms with E-state index in [2.05, 4.69) is 25.8 Å². The Morgan fingerprint density at radius 1 is 1.08 bits per heavy atom. The lowest BCUT2D eigenvalue weighted by Gasteiger charge is -2.32. The van der Waals surface area contributed by atoms with Crippen LogP contribution in [-0.4, -0.2) is 50.0 Å². The molecule has 36 heavy (non-hydrogen) atoms. The largest absolute Gasteiger partial charge is 0.421 e. The number of piperidine rings is 1. The minimum absolute atomic E-state index is 0.00158. The SMILES string of the molecule is CC(C)(C)CC1SC(CC(=O)N2CCC(n3c(=O)oc4ncccc43)CC2)C(=O)N1c1ccccc1. The van der Waals surface area contributed by atoms with Gasteiger partial charge >= 0.3 is 5.76 Å². The van der Waals surface area contributed by atoms with Gasteiger partial charge in [-0.25, -0.2) is 9.78 Å². The van der Waals surface area contributed by atoms with E-state index in [1.807, 2.05) is 46.2 Å². The first-order valence-corrected chi connectivity index (χ1v) is 13.4. The molecular formula is C27H32N4O4S. The van der Waals surface area contributed by atoms with Gasteiger partial charge in [0.15, 0.2) is 0 Å². The fourth-order valence-corrected chi connectivity index (χ4v) is 6.96. The third-order valence-electron chi connectivity index (χ3n) is 6.88. The molecule has 0 spiro atoms. The fourth-order valence-electron chi connectivity index (χ4n) is 5.17. The first-order chi connectivity index (χ1) is 17.2. The number of amides is 2. The van der Waals surface area contributed by atoms with Crippen LogP contribution in [0.2, 0.25) is 0 Å². The molecule has 2 amide bonds. The Kier molecular flexibility index (Phi) is 6.68. The van der Waals surface area contributed by atoms with Crippen molar-refractivity contribution in [2.24, 2.45) is 5.41 Å². The molecule has 2 fully saturated rings. The van der Waals surface area contributed by atoms with Gasteiger partial charge in [-0.15, -0.1) is 11.8 Å². The van der Waals surface area contributed by atoms with Gasteiger partial charge in [-0.1, -0.05) is 39.0 Å². The lowest BCUT2D eigenvalue weighted by molar-refractivity contribution is -0.133. The van der Waals surface area contributed by atoms with Gasteiger partial charge in [-0.3, -0.25) is 19.1 Å². The molecule has 0 bridgehead atoms. The molecule has 5 rings (SSSR count). The fraction of sp³-hybridized carbons (Fsp3) is 0.481. The number of benzene rings is 1. The van der Waals surface area contributed by atoms with E-state index in [9.17, 15) is 14.4 Å². The molecule has 4 heterocycles. The van der Waals surface area contributed by atoms with Crippen LogP contribution in [0, 0.1) is 5.41 Å². The summed E-state index contributed by atoms with van der Waals surface area (Å²) in [5.74, 6) is -0.408. The highest BCUT2D eigenvalue weighted by Crippen LogP contribution is 2.42. The Bertz CT molecular complexity index is 1300. The number of rotatable bonds is 5. The summed E-state index contributed by atoms with van der Waals surface area (Å²) in [6.07, 6.45) is 3.95. The van der Waals surface area contributed by atoms with E-state index in [4.69, 9.17) is 4.42 Å². The van der Waals surface area contributed by atoms with Gasteiger partial charge in [0, 0.05) is 37.4 Å². The number of para-hydroxylation sites is 1. The van der Waals surface area contributed by atoms with E-state index in [0.29, 0.717) is 37.2 Å². The third-order valence-corrected chi connectivity index (χ3v) is 8.27. The zero-order valence-electron chi connectivity index (χ0n) is 20.9. The number of oxazole rings is 1. The number of aromatic nitrogens is 2. The molecule has 0 aliphatic carbocycles. The molecule has 2 unspecified atom stereocenters. The van der Waals surface area contributed by atoms with Crippen LogP contribution in [0.25, 0.3) is 11.2 Å². The van der Waals surface area contributed by atoms with Crippen LogP contribution in [-0.2, 0) is 9.59 Å². The van der Waals surface area contributed by atoms with Gasteiger partial charge in [0.1, 0.15) is 5.52 Å². The monoisotopic (exact) mass is 508 g/mol. The number of nitrogens with zero attached hydrogens (tertiary/aromatic N) is 4. The van der Waals surface area contributed by atoms with Crippen LogP contribution < -0.4 is 10.7 Å². The number of anilines is 1. The van der Waals surface area contributed by atoms with E-state index in [-0.39, 0.29) is 35.1 Å². The molecule has 0 N–H and O–H groups in total. The lowest BCUT2D eigenvalue weighted by Crippen LogP contribution is -2.42. The number of hydrogen-bond donors (Lipinski definition) is 0. The molecular weight excluding hydrogens is 476 g/mol. The normalized spacial score (nSPS) is 21.5. The average Bonchev–Trinajstić information content (AvgIpc) is 3.33. The van der Waals surface area contributed by atoms with Gasteiger partial charge in [-0.05, 0) is 48.9 Å². The first-order valence-electron chi connectivity index (χ1n) is 12.5. The number of carbonyl (C=O) groups is 2. The molecule has 3 aromatic rings. The molecule has 2 aliphatic heterocycles. The van der Waals surface area contributed by atoms with Gasteiger partial charge in [0.05, 0.1) is 10.6 Å². The van der Waals surface area contributed by atoms with Crippen molar-refractivity contribution in [3.8, 4) is 0 Å². The van der Waals surface area contributed by atoms with Crippen LogP contribution in [0.5, 0.6) is 0 Å². The molecule has 2 aliphatic rings. The predicted octanol–water partition coefficient (Wildman–Crippen LogP) is 4.45. The number of fused-ring (bicyclic) bond motifs is 1. The Morgan fingerprint density at radius 2 is 1.81 bits per heavy atom. The molecule has 8 nitrogen and oxygen atoms in total. The Labute approximate surface area is 214 Å². The highest BCUT2D eigenvalue weighted by molar-refractivity contribution is 8.02. The second-order valence-corrected chi connectivity index (χ2v) is 12.2. The smallest absolute Gasteiger partial charge is 0.389 e. The van der Waals surface area contributed by atoms with Gasteiger partial charge in [-0.2, -0.15) is 0 Å². The van der Waals surface area contributed by atoms with Crippen molar-refractivity contribution in [1.29, 1.82) is 0 Å². The van der Waals surface area contributed by atoms with Crippen LogP contribution in [0.4, 0.5) is 5.69 Å². The topological polar surface area (TPSA) is 88.6 Å². The molecule has 0 saturated carbocycles. The Balaban J connectivity index is 1.25. The van der Waals surface area contributed by atoms with Crippen molar-refractivity contribution in [1.82, 2.24) is 14.5 Å². The number of thioether (sulfide) groups is 1. The quantitative estimate of drug-likeness (QED) is 0.506. The van der Waals surface area contributed by atoms with Crippen molar-refractivity contribution in [3.63, 3.8) is 0 Å². The van der Waals surface area contributed by atoms with E-state index in [0.717, 1.165) is 12.1 Å². The van der Waals surface area contributed by atoms with Crippen LogP contribution in [0.15, 0.2) is 57.9 Å². The summed E-state index contributed by atoms with van der Waals surface area (Å²) in [6.45, 7) is 7.61. The average molecular weight is 509 g/mol. The van der Waals surface area contributed by atoms with Crippen LogP contribution in [0.3, 0.4) is 0 Å². The summed E-state index contributed by atoms with van der Waals surface area (Å²) in [5.41, 5.74) is 1.96. The van der Waals surface area contributed by atoms with Crippen LogP contribution in [0.1, 0.15) is 52.5 Å². The zero-order valence-corrected chi connectivity index (χ0v) is 21.7. The lowest BCUT2D eigenvalue weighted by atomic mass is 9.92. The van der Waals surface area contributed by atoms with E-state index in [1.54, 1.807) is 28.6 Å². The molecule has 9 heteroatoms. The Morgan fingerprint density at radius 3 is 2.50 bits per heavy atom. The third kappa shape index (κ3) is 4.93. The molecule has 190 valence electrons. The highest BCUT2D eigenvalue weighted by Gasteiger charge is 2.44. The summed E-state index contributed by atoms with van der Waals surface area (Å²) in [7, 11) is 0. The highest BCUT2D eigenvalue weighted by atomic mass is 32.2. The number of hydrogen-bond acceptors (Lipinski definition) is 6. The summed E-state index contributed by atoms with van der Waals surface area (Å²) in [5, 5.41) is -0.396. The zero-order chi connectivity index (χ0) is 25.4. The van der Waals surface area contributed by atoms with Crippen molar-refractivity contribution in [2.45, 2.75) is 63.1 Å². The van der Waals surface area contributed by atoms with E-state index in [1.165, 1.54) is 0 Å². The summed E-state index contributed by atoms with van der Waals surface area (Å²) < 4.78 is 6.95. The predicted molar refractivity (Wildman–Crippen MR) is 141 cm³/mol. The minimum atomic E-state index is -0.410. The number of pyridine rings is 1. The summed E-state index contributed by atoms with van der Waals surface area (Å²) in [6, 6.07) is 13.3. The van der Waals surface area contributed by atoms with Crippen molar-refractivity contribution in [2.75, 3.05) is 18.0 Å². The van der Waals surface area contributed by atoms with Crippen molar-refractivity contribution < 1.29 is 14.0 Å². The maximum Gasteiger partial charge on any atom is 0.421 e. The van der Waals surface area contributed by atoms with Gasteiger partial charge in [0.2, 0.25) is 17.5 Å². The standard InChI is InChI=1S/C27H32N4O4S/c1-27(2,3)17-23-31(18-8-5-4-6-9-18)25(33)21(36-23)16-22(32)29-14-11-19(12-15-29)30-20-10-7-13-28-24(20)35-26(30)34/h4-10,13,19,21,23H,11-12,14-17H2,1-3H3. The van der Waals surface area contributed by atoms with Crippen molar-refractivity contribution in [3.05, 3.63) is 59.2 Å². The Hall–Kier alpha value is -3.07. The molecule has 0 radical (unpaired) electrons. The molecule has 2 atom stereocenters. The van der Waals surface area contributed by atoms with Crippen LogP contribution >= 0.6 is 11.8 Å². The maximum atomic E-state index is 13.5. The van der Waals surface area contributed by atoms with E-state index >= 15 is 0 Å². The second-order valence-electron chi connectivity index (χ2n) is 10.8. The number of likely N-dealkylation sites (tertiary alicyclic amines) is 1. The van der Waals surface area contributed by atoms with Gasteiger partial charge in [0.25, 0.3) is 0 Å². The van der Waals surface area contributed by atoms with Gasteiger partial charge < -0.3 is 9.32 Å². The maximum absolute atomic E-state index is 13.5. The molecule has 1 aromatic carbocycles. The molecule has 2 saturated heterocycles. The number of carbonyl (C=O) groups excluding carboxylic acids is 2. The first kappa shape index (κ1) is 24.6. The summed E-state index contributed by atoms with van der Waals surface area (Å²) in [4.78, 5) is 47.0. The minimum Gasteiger partial charge on any atom is -0.389 e. The van der Waals surface area contributed by atoms with E-state index < -0.39 is 11.0 Å². The second kappa shape index (κ2) is 9.76. The summed E-state index contributed by atoms with van der Waals surface area (Å²) >= 11 is 1.61.